The van der Waals surface area contributed by atoms with Gasteiger partial charge in [0, 0.05) is 21.8 Å². The summed E-state index contributed by atoms with van der Waals surface area (Å²) in [5.74, 6) is 0. The Bertz CT molecular complexity index is 940. The number of benzene rings is 3. The van der Waals surface area contributed by atoms with E-state index in [-0.39, 0.29) is 10.9 Å². The van der Waals surface area contributed by atoms with Crippen molar-refractivity contribution >= 4 is 32.4 Å². The van der Waals surface area contributed by atoms with Gasteiger partial charge in [-0.05, 0) is 24.6 Å². The van der Waals surface area contributed by atoms with Crippen molar-refractivity contribution < 1.29 is 8.42 Å². The van der Waals surface area contributed by atoms with Crippen molar-refractivity contribution in [3.63, 3.8) is 0 Å². The van der Waals surface area contributed by atoms with Crippen LogP contribution in [-0.2, 0) is 10.0 Å². The van der Waals surface area contributed by atoms with Gasteiger partial charge < -0.3 is 0 Å². The van der Waals surface area contributed by atoms with Crippen molar-refractivity contribution in [2.75, 3.05) is 0 Å². The van der Waals surface area contributed by atoms with Crippen LogP contribution in [-0.4, -0.2) is 8.42 Å². The van der Waals surface area contributed by atoms with Crippen LogP contribution in [0.15, 0.2) is 71.6 Å². The van der Waals surface area contributed by atoms with E-state index in [1.165, 1.54) is 0 Å². The van der Waals surface area contributed by atoms with Crippen LogP contribution < -0.4 is 4.72 Å². The first kappa shape index (κ1) is 16.0. The van der Waals surface area contributed by atoms with Crippen molar-refractivity contribution in [3.8, 4) is 0 Å². The maximum atomic E-state index is 12.8. The first-order valence-corrected chi connectivity index (χ1v) is 9.10. The highest BCUT2D eigenvalue weighted by molar-refractivity contribution is 7.89. The molecule has 0 saturated heterocycles. The molecule has 0 aliphatic carbocycles. The molecule has 0 bridgehead atoms. The molecular formula is C18H16ClNO2S. The van der Waals surface area contributed by atoms with Crippen LogP contribution in [0.4, 0.5) is 0 Å². The van der Waals surface area contributed by atoms with Gasteiger partial charge in [0.15, 0.2) is 0 Å². The minimum atomic E-state index is -3.66. The molecule has 1 N–H and O–H groups in total. The summed E-state index contributed by atoms with van der Waals surface area (Å²) in [6.07, 6.45) is 0. The van der Waals surface area contributed by atoms with E-state index in [0.29, 0.717) is 10.4 Å². The van der Waals surface area contributed by atoms with E-state index in [1.807, 2.05) is 49.4 Å². The van der Waals surface area contributed by atoms with Crippen LogP contribution in [0.1, 0.15) is 18.5 Å². The molecule has 1 atom stereocenters. The van der Waals surface area contributed by atoms with Gasteiger partial charge in [-0.2, -0.15) is 0 Å². The molecule has 3 nitrogen and oxygen atoms in total. The average molecular weight is 346 g/mol. The smallest absolute Gasteiger partial charge is 0.207 e. The molecule has 3 aromatic carbocycles. The molecule has 118 valence electrons. The minimum Gasteiger partial charge on any atom is -0.207 e. The zero-order chi connectivity index (χ0) is 16.4. The van der Waals surface area contributed by atoms with Crippen molar-refractivity contribution in [3.05, 3.63) is 77.3 Å². The van der Waals surface area contributed by atoms with E-state index in [0.717, 1.165) is 10.9 Å². The van der Waals surface area contributed by atoms with Gasteiger partial charge in [0.05, 0.1) is 4.90 Å². The molecule has 5 heteroatoms. The minimum absolute atomic E-state index is 0.236. The summed E-state index contributed by atoms with van der Waals surface area (Å²) in [6.45, 7) is 1.82. The topological polar surface area (TPSA) is 46.2 Å². The summed E-state index contributed by atoms with van der Waals surface area (Å²) in [7, 11) is -3.66. The maximum Gasteiger partial charge on any atom is 0.241 e. The van der Waals surface area contributed by atoms with E-state index in [4.69, 9.17) is 11.6 Å². The molecule has 0 saturated carbocycles. The van der Waals surface area contributed by atoms with Gasteiger partial charge in [0.25, 0.3) is 0 Å². The van der Waals surface area contributed by atoms with Crippen LogP contribution in [0, 0.1) is 0 Å². The molecule has 0 unspecified atom stereocenters. The van der Waals surface area contributed by atoms with E-state index < -0.39 is 10.0 Å². The summed E-state index contributed by atoms with van der Waals surface area (Å²) >= 11 is 6.17. The van der Waals surface area contributed by atoms with Crippen LogP contribution >= 0.6 is 11.6 Å². The SMILES string of the molecule is C[C@H](NS(=O)(=O)c1ccc(Cl)c2ccccc12)c1ccccc1. The molecule has 3 aromatic rings. The fourth-order valence-corrected chi connectivity index (χ4v) is 4.25. The standard InChI is InChI=1S/C18H16ClNO2S/c1-13(14-7-3-2-4-8-14)20-23(21,22)18-12-11-17(19)15-9-5-6-10-16(15)18/h2-13,20H,1H3/t13-/m0/s1. The van der Waals surface area contributed by atoms with Crippen molar-refractivity contribution in [2.24, 2.45) is 0 Å². The van der Waals surface area contributed by atoms with Crippen molar-refractivity contribution in [2.45, 2.75) is 17.9 Å². The third kappa shape index (κ3) is 3.24. The lowest BCUT2D eigenvalue weighted by molar-refractivity contribution is 0.568. The van der Waals surface area contributed by atoms with E-state index >= 15 is 0 Å². The van der Waals surface area contributed by atoms with E-state index in [1.54, 1.807) is 24.3 Å². The highest BCUT2D eigenvalue weighted by Crippen LogP contribution is 2.29. The van der Waals surface area contributed by atoms with E-state index in [9.17, 15) is 8.42 Å². The zero-order valence-electron chi connectivity index (χ0n) is 12.5. The molecular weight excluding hydrogens is 330 g/mol. The Labute approximate surface area is 141 Å². The zero-order valence-corrected chi connectivity index (χ0v) is 14.1. The third-order valence-electron chi connectivity index (χ3n) is 3.75. The second kappa shape index (κ2) is 6.32. The highest BCUT2D eigenvalue weighted by Gasteiger charge is 2.21. The lowest BCUT2D eigenvalue weighted by Crippen LogP contribution is -2.27. The molecule has 23 heavy (non-hydrogen) atoms. The average Bonchev–Trinajstić information content (AvgIpc) is 2.55. The third-order valence-corrected chi connectivity index (χ3v) is 5.68. The molecule has 0 amide bonds. The van der Waals surface area contributed by atoms with Crippen LogP contribution in [0.3, 0.4) is 0 Å². The molecule has 0 spiro atoms. The quantitative estimate of drug-likeness (QED) is 0.755. The first-order valence-electron chi connectivity index (χ1n) is 7.23. The predicted molar refractivity (Wildman–Crippen MR) is 94.1 cm³/mol. The summed E-state index contributed by atoms with van der Waals surface area (Å²) < 4.78 is 28.3. The fourth-order valence-electron chi connectivity index (χ4n) is 2.57. The van der Waals surface area contributed by atoms with Crippen LogP contribution in [0.2, 0.25) is 5.02 Å². The molecule has 0 fully saturated rings. The highest BCUT2D eigenvalue weighted by atomic mass is 35.5. The fraction of sp³-hybridized carbons (Fsp3) is 0.111. The van der Waals surface area contributed by atoms with Gasteiger partial charge in [0.2, 0.25) is 10.0 Å². The summed E-state index contributed by atoms with van der Waals surface area (Å²) in [4.78, 5) is 0.236. The number of rotatable bonds is 4. The molecule has 0 aliphatic rings. The summed E-state index contributed by atoms with van der Waals surface area (Å²) in [5, 5.41) is 1.88. The van der Waals surface area contributed by atoms with Gasteiger partial charge in [-0.1, -0.05) is 66.2 Å². The van der Waals surface area contributed by atoms with Gasteiger partial charge in [-0.15, -0.1) is 0 Å². The molecule has 0 radical (unpaired) electrons. The Morgan fingerprint density at radius 3 is 2.17 bits per heavy atom. The Morgan fingerprint density at radius 1 is 0.870 bits per heavy atom. The van der Waals surface area contributed by atoms with Gasteiger partial charge in [-0.25, -0.2) is 13.1 Å². The number of fused-ring (bicyclic) bond motifs is 1. The largest absolute Gasteiger partial charge is 0.241 e. The van der Waals surface area contributed by atoms with Crippen LogP contribution in [0.5, 0.6) is 0 Å². The first-order chi connectivity index (χ1) is 11.0. The van der Waals surface area contributed by atoms with Crippen molar-refractivity contribution in [1.29, 1.82) is 0 Å². The Balaban J connectivity index is 2.02. The predicted octanol–water partition coefficient (Wildman–Crippen LogP) is 4.53. The van der Waals surface area contributed by atoms with Crippen molar-refractivity contribution in [1.82, 2.24) is 4.72 Å². The maximum absolute atomic E-state index is 12.8. The summed E-state index contributed by atoms with van der Waals surface area (Å²) in [6, 6.07) is 19.5. The Hall–Kier alpha value is -1.88. The van der Waals surface area contributed by atoms with Gasteiger partial charge in [-0.3, -0.25) is 0 Å². The number of hydrogen-bond acceptors (Lipinski definition) is 2. The van der Waals surface area contributed by atoms with Gasteiger partial charge in [0.1, 0.15) is 0 Å². The summed E-state index contributed by atoms with van der Waals surface area (Å²) in [5.41, 5.74) is 0.911. The Kier molecular flexibility index (Phi) is 4.39. The lowest BCUT2D eigenvalue weighted by atomic mass is 10.1. The monoisotopic (exact) mass is 345 g/mol. The second-order valence-electron chi connectivity index (χ2n) is 5.34. The van der Waals surface area contributed by atoms with Crippen LogP contribution in [0.25, 0.3) is 10.8 Å². The lowest BCUT2D eigenvalue weighted by Gasteiger charge is -2.16. The normalized spacial score (nSPS) is 13.1. The van der Waals surface area contributed by atoms with E-state index in [2.05, 4.69) is 4.72 Å². The molecule has 3 rings (SSSR count). The number of sulfonamides is 1. The Morgan fingerprint density at radius 2 is 1.48 bits per heavy atom. The van der Waals surface area contributed by atoms with Gasteiger partial charge >= 0.3 is 0 Å². The second-order valence-corrected chi connectivity index (χ2v) is 7.43. The molecule has 0 aromatic heterocycles. The number of nitrogens with one attached hydrogen (secondary N) is 1. The number of halogens is 1. The molecule has 0 heterocycles. The number of hydrogen-bond donors (Lipinski definition) is 1. The molecule has 0 aliphatic heterocycles.